The van der Waals surface area contributed by atoms with Crippen molar-refractivity contribution in [3.05, 3.63) is 63.5 Å². The first-order valence-electron chi connectivity index (χ1n) is 8.04. The van der Waals surface area contributed by atoms with Crippen molar-refractivity contribution in [3.8, 4) is 0 Å². The van der Waals surface area contributed by atoms with E-state index in [1.807, 2.05) is 28.8 Å². The average Bonchev–Trinajstić information content (AvgIpc) is 3.20. The predicted molar refractivity (Wildman–Crippen MR) is 88.1 cm³/mol. The van der Waals surface area contributed by atoms with Crippen molar-refractivity contribution >= 4 is 11.6 Å². The van der Waals surface area contributed by atoms with E-state index in [0.717, 1.165) is 42.0 Å². The van der Waals surface area contributed by atoms with E-state index >= 15 is 0 Å². The van der Waals surface area contributed by atoms with E-state index in [1.165, 1.54) is 0 Å². The summed E-state index contributed by atoms with van der Waals surface area (Å²) in [6.07, 6.45) is 5.25. The molecule has 0 saturated carbocycles. The van der Waals surface area contributed by atoms with Crippen molar-refractivity contribution in [2.75, 3.05) is 6.54 Å². The fraction of sp³-hybridized carbons (Fsp3) is 0.294. The summed E-state index contributed by atoms with van der Waals surface area (Å²) in [5.74, 6) is 0.425. The Kier molecular flexibility index (Phi) is 3.60. The number of carbonyl (C=O) groups is 1. The molecule has 0 radical (unpaired) electrons. The second-order valence-corrected chi connectivity index (χ2v) is 5.92. The maximum atomic E-state index is 12.3. The SMILES string of the molecule is O=C(NCCc1nnc2ccccn12)c1cc2c([nH]c1=O)CCC2. The van der Waals surface area contributed by atoms with E-state index in [4.69, 9.17) is 0 Å². The molecule has 3 aromatic heterocycles. The highest BCUT2D eigenvalue weighted by atomic mass is 16.2. The van der Waals surface area contributed by atoms with Crippen LogP contribution in [0.25, 0.3) is 5.65 Å². The zero-order chi connectivity index (χ0) is 16.5. The second kappa shape index (κ2) is 5.92. The van der Waals surface area contributed by atoms with Gasteiger partial charge in [0.2, 0.25) is 0 Å². The molecule has 0 bridgehead atoms. The Hall–Kier alpha value is -2.96. The molecule has 1 aliphatic rings. The van der Waals surface area contributed by atoms with Gasteiger partial charge in [0.05, 0.1) is 0 Å². The van der Waals surface area contributed by atoms with E-state index in [9.17, 15) is 9.59 Å². The highest BCUT2D eigenvalue weighted by molar-refractivity contribution is 5.94. The topological polar surface area (TPSA) is 92.2 Å². The molecule has 1 aliphatic carbocycles. The molecule has 7 nitrogen and oxygen atoms in total. The standard InChI is InChI=1S/C17H17N5O2/c23-16(12-10-11-4-3-5-13(11)19-17(12)24)18-8-7-15-21-20-14-6-1-2-9-22(14)15/h1-2,6,9-10H,3-5,7-8H2,(H,18,23)(H,19,24). The van der Waals surface area contributed by atoms with E-state index < -0.39 is 0 Å². The largest absolute Gasteiger partial charge is 0.351 e. The van der Waals surface area contributed by atoms with Crippen LogP contribution in [-0.2, 0) is 19.3 Å². The van der Waals surface area contributed by atoms with Crippen molar-refractivity contribution < 1.29 is 4.79 Å². The van der Waals surface area contributed by atoms with E-state index in [-0.39, 0.29) is 17.0 Å². The maximum Gasteiger partial charge on any atom is 0.261 e. The van der Waals surface area contributed by atoms with Crippen LogP contribution in [0.4, 0.5) is 0 Å². The second-order valence-electron chi connectivity index (χ2n) is 5.92. The number of rotatable bonds is 4. The van der Waals surface area contributed by atoms with Crippen LogP contribution in [0, 0.1) is 0 Å². The molecule has 0 fully saturated rings. The van der Waals surface area contributed by atoms with Crippen LogP contribution in [-0.4, -0.2) is 32.0 Å². The van der Waals surface area contributed by atoms with Crippen LogP contribution in [0.2, 0.25) is 0 Å². The van der Waals surface area contributed by atoms with Gasteiger partial charge in [0.1, 0.15) is 11.4 Å². The van der Waals surface area contributed by atoms with Crippen molar-refractivity contribution in [1.29, 1.82) is 0 Å². The number of nitrogens with zero attached hydrogens (tertiary/aromatic N) is 3. The summed E-state index contributed by atoms with van der Waals surface area (Å²) >= 11 is 0. The van der Waals surface area contributed by atoms with E-state index in [1.54, 1.807) is 6.07 Å². The third kappa shape index (κ3) is 2.58. The molecular weight excluding hydrogens is 306 g/mol. The van der Waals surface area contributed by atoms with Crippen molar-refractivity contribution in [3.63, 3.8) is 0 Å². The minimum Gasteiger partial charge on any atom is -0.351 e. The van der Waals surface area contributed by atoms with Crippen LogP contribution in [0.1, 0.15) is 33.9 Å². The minimum atomic E-state index is -0.347. The summed E-state index contributed by atoms with van der Waals surface area (Å²) in [4.78, 5) is 27.2. The first-order chi connectivity index (χ1) is 11.7. The summed E-state index contributed by atoms with van der Waals surface area (Å²) in [6.45, 7) is 0.394. The Balaban J connectivity index is 1.45. The molecular formula is C17H17N5O2. The lowest BCUT2D eigenvalue weighted by molar-refractivity contribution is 0.0952. The molecule has 0 unspecified atom stereocenters. The van der Waals surface area contributed by atoms with Gasteiger partial charge in [-0.3, -0.25) is 14.0 Å². The lowest BCUT2D eigenvalue weighted by Gasteiger charge is -2.06. The number of hydrogen-bond acceptors (Lipinski definition) is 4. The third-order valence-electron chi connectivity index (χ3n) is 4.35. The molecule has 3 aromatic rings. The van der Waals surface area contributed by atoms with Crippen molar-refractivity contribution in [2.24, 2.45) is 0 Å². The first kappa shape index (κ1) is 14.6. The number of pyridine rings is 2. The van der Waals surface area contributed by atoms with Gasteiger partial charge in [-0.15, -0.1) is 10.2 Å². The van der Waals surface area contributed by atoms with Crippen LogP contribution < -0.4 is 10.9 Å². The van der Waals surface area contributed by atoms with Gasteiger partial charge in [-0.25, -0.2) is 0 Å². The van der Waals surface area contributed by atoms with Gasteiger partial charge < -0.3 is 10.3 Å². The van der Waals surface area contributed by atoms with Crippen molar-refractivity contribution in [1.82, 2.24) is 24.9 Å². The van der Waals surface area contributed by atoms with Crippen molar-refractivity contribution in [2.45, 2.75) is 25.7 Å². The molecule has 3 heterocycles. The van der Waals surface area contributed by atoms with Crippen LogP contribution >= 0.6 is 0 Å². The number of carbonyl (C=O) groups excluding carboxylic acids is 1. The number of aryl methyl sites for hydroxylation is 2. The number of H-pyrrole nitrogens is 1. The van der Waals surface area contributed by atoms with Gasteiger partial charge in [0, 0.05) is 24.9 Å². The smallest absolute Gasteiger partial charge is 0.261 e. The van der Waals surface area contributed by atoms with Gasteiger partial charge >= 0.3 is 0 Å². The van der Waals surface area contributed by atoms with Gasteiger partial charge in [-0.05, 0) is 43.0 Å². The van der Waals surface area contributed by atoms with E-state index in [2.05, 4.69) is 20.5 Å². The maximum absolute atomic E-state index is 12.3. The molecule has 1 amide bonds. The Morgan fingerprint density at radius 3 is 3.12 bits per heavy atom. The monoisotopic (exact) mass is 323 g/mol. The van der Waals surface area contributed by atoms with E-state index in [0.29, 0.717) is 13.0 Å². The molecule has 0 spiro atoms. The quantitative estimate of drug-likeness (QED) is 0.745. The van der Waals surface area contributed by atoms with Crippen LogP contribution in [0.3, 0.4) is 0 Å². The molecule has 4 rings (SSSR count). The molecule has 7 heteroatoms. The zero-order valence-corrected chi connectivity index (χ0v) is 13.1. The van der Waals surface area contributed by atoms with Crippen LogP contribution in [0.15, 0.2) is 35.3 Å². The number of aromatic nitrogens is 4. The third-order valence-corrected chi connectivity index (χ3v) is 4.35. The van der Waals surface area contributed by atoms with Gasteiger partial charge in [-0.1, -0.05) is 6.07 Å². The van der Waals surface area contributed by atoms with Crippen LogP contribution in [0.5, 0.6) is 0 Å². The molecule has 0 atom stereocenters. The Labute approximate surface area is 137 Å². The Morgan fingerprint density at radius 1 is 1.29 bits per heavy atom. The molecule has 0 saturated heterocycles. The molecule has 2 N–H and O–H groups in total. The fourth-order valence-corrected chi connectivity index (χ4v) is 3.13. The number of fused-ring (bicyclic) bond motifs is 2. The fourth-order valence-electron chi connectivity index (χ4n) is 3.13. The van der Waals surface area contributed by atoms with Gasteiger partial charge in [0.15, 0.2) is 5.65 Å². The highest BCUT2D eigenvalue weighted by Crippen LogP contribution is 2.18. The lowest BCUT2D eigenvalue weighted by Crippen LogP contribution is -2.31. The summed E-state index contributed by atoms with van der Waals surface area (Å²) in [5.41, 5.74) is 2.67. The minimum absolute atomic E-state index is 0.182. The molecule has 24 heavy (non-hydrogen) atoms. The van der Waals surface area contributed by atoms with Gasteiger partial charge in [-0.2, -0.15) is 0 Å². The highest BCUT2D eigenvalue weighted by Gasteiger charge is 2.18. The summed E-state index contributed by atoms with van der Waals surface area (Å²) < 4.78 is 1.88. The van der Waals surface area contributed by atoms with Gasteiger partial charge in [0.25, 0.3) is 11.5 Å². The summed E-state index contributed by atoms with van der Waals surface area (Å²) in [6, 6.07) is 7.40. The summed E-state index contributed by atoms with van der Waals surface area (Å²) in [5, 5.41) is 11.0. The first-order valence-corrected chi connectivity index (χ1v) is 8.04. The normalized spacial score (nSPS) is 13.2. The number of hydrogen-bond donors (Lipinski definition) is 2. The number of amides is 1. The number of nitrogens with one attached hydrogen (secondary N) is 2. The lowest BCUT2D eigenvalue weighted by atomic mass is 10.1. The molecule has 122 valence electrons. The Morgan fingerprint density at radius 2 is 2.21 bits per heavy atom. The predicted octanol–water partition coefficient (Wildman–Crippen LogP) is 0.879. The molecule has 0 aliphatic heterocycles. The molecule has 0 aromatic carbocycles. The average molecular weight is 323 g/mol. The number of aromatic amines is 1. The summed E-state index contributed by atoms with van der Waals surface area (Å²) in [7, 11) is 0. The Bertz CT molecular complexity index is 973. The zero-order valence-electron chi connectivity index (χ0n) is 13.1.